The van der Waals surface area contributed by atoms with Gasteiger partial charge in [0.1, 0.15) is 6.10 Å². The van der Waals surface area contributed by atoms with E-state index in [0.29, 0.717) is 31.2 Å². The zero-order valence-electron chi connectivity index (χ0n) is 16.7. The van der Waals surface area contributed by atoms with Crippen LogP contribution in [-0.4, -0.2) is 27.9 Å². The van der Waals surface area contributed by atoms with E-state index < -0.39 is 63.7 Å². The fourth-order valence-corrected chi connectivity index (χ4v) is 3.46. The first-order valence-electron chi connectivity index (χ1n) is 9.69. The molecule has 1 aliphatic rings. The van der Waals surface area contributed by atoms with Crippen molar-refractivity contribution in [3.05, 3.63) is 52.1 Å². The van der Waals surface area contributed by atoms with Gasteiger partial charge < -0.3 is 10.1 Å². The lowest BCUT2D eigenvalue weighted by Gasteiger charge is -2.22. The summed E-state index contributed by atoms with van der Waals surface area (Å²) < 4.78 is 84.9. The Bertz CT molecular complexity index is 1050. The molecule has 178 valence electrons. The van der Waals surface area contributed by atoms with Crippen LogP contribution in [0, 0.1) is 0 Å². The first-order chi connectivity index (χ1) is 15.3. The lowest BCUT2D eigenvalue weighted by molar-refractivity contribution is -0.141. The van der Waals surface area contributed by atoms with Crippen molar-refractivity contribution in [1.82, 2.24) is 9.97 Å². The number of esters is 1. The molecule has 0 radical (unpaired) electrons. The summed E-state index contributed by atoms with van der Waals surface area (Å²) in [5.41, 5.74) is -5.08. The first kappa shape index (κ1) is 24.7. The van der Waals surface area contributed by atoms with Gasteiger partial charge in [-0.25, -0.2) is 14.8 Å². The molecule has 3 rings (SSSR count). The fourth-order valence-electron chi connectivity index (χ4n) is 3.32. The van der Waals surface area contributed by atoms with E-state index in [0.717, 1.165) is 25.3 Å². The number of ether oxygens (including phenoxy) is 1. The topological polar surface area (TPSA) is 81.2 Å². The van der Waals surface area contributed by atoms with Gasteiger partial charge in [0.25, 0.3) is 5.91 Å². The Hall–Kier alpha value is -2.89. The number of benzene rings is 1. The van der Waals surface area contributed by atoms with E-state index in [-0.39, 0.29) is 0 Å². The summed E-state index contributed by atoms with van der Waals surface area (Å²) in [5, 5.41) is 1.16. The van der Waals surface area contributed by atoms with Gasteiger partial charge in [-0.1, -0.05) is 6.42 Å². The zero-order chi connectivity index (χ0) is 24.4. The number of anilines is 1. The lowest BCUT2D eigenvalue weighted by atomic mass is 9.98. The molecular formula is C20H16ClF6N3O3. The molecule has 0 bridgehead atoms. The fraction of sp³-hybridized carbons (Fsp3) is 0.400. The van der Waals surface area contributed by atoms with Crippen molar-refractivity contribution in [2.24, 2.45) is 0 Å². The van der Waals surface area contributed by atoms with Crippen molar-refractivity contribution >= 4 is 29.2 Å². The molecule has 33 heavy (non-hydrogen) atoms. The molecule has 1 heterocycles. The van der Waals surface area contributed by atoms with Gasteiger partial charge >= 0.3 is 18.3 Å². The van der Waals surface area contributed by atoms with Gasteiger partial charge in [0.05, 0.1) is 16.7 Å². The second-order valence-corrected chi connectivity index (χ2v) is 7.65. The number of hydrogen-bond donors (Lipinski definition) is 1. The highest BCUT2D eigenvalue weighted by atomic mass is 35.5. The number of halogens is 7. The lowest BCUT2D eigenvalue weighted by Crippen LogP contribution is -2.23. The molecule has 0 aliphatic heterocycles. The molecule has 0 spiro atoms. The molecule has 6 nitrogen and oxygen atoms in total. The number of hydrogen-bond acceptors (Lipinski definition) is 5. The maximum Gasteiger partial charge on any atom is 0.434 e. The molecule has 1 saturated carbocycles. The third-order valence-corrected chi connectivity index (χ3v) is 5.03. The number of carbonyl (C=O) groups excluding carboxylic acids is 2. The summed E-state index contributed by atoms with van der Waals surface area (Å²) in [7, 11) is 0. The third-order valence-electron chi connectivity index (χ3n) is 4.85. The van der Waals surface area contributed by atoms with Crippen LogP contribution in [0.25, 0.3) is 0 Å². The Labute approximate surface area is 188 Å². The largest absolute Gasteiger partial charge is 0.459 e. The van der Waals surface area contributed by atoms with E-state index in [4.69, 9.17) is 16.3 Å². The zero-order valence-corrected chi connectivity index (χ0v) is 17.4. The molecule has 1 N–H and O–H groups in total. The van der Waals surface area contributed by atoms with Crippen molar-refractivity contribution in [3.63, 3.8) is 0 Å². The minimum Gasteiger partial charge on any atom is -0.459 e. The highest BCUT2D eigenvalue weighted by molar-refractivity contribution is 6.28. The highest BCUT2D eigenvalue weighted by Gasteiger charge is 2.38. The minimum atomic E-state index is -5.08. The average Bonchev–Trinajstić information content (AvgIpc) is 2.73. The van der Waals surface area contributed by atoms with Gasteiger partial charge in [0.15, 0.2) is 5.69 Å². The normalized spacial score (nSPS) is 15.2. The van der Waals surface area contributed by atoms with E-state index in [1.54, 1.807) is 0 Å². The molecule has 1 aromatic carbocycles. The number of amides is 1. The summed E-state index contributed by atoms with van der Waals surface area (Å²) in [6.07, 6.45) is -6.20. The van der Waals surface area contributed by atoms with Crippen LogP contribution in [0.15, 0.2) is 24.4 Å². The van der Waals surface area contributed by atoms with E-state index in [9.17, 15) is 35.9 Å². The molecule has 0 unspecified atom stereocenters. The Balaban J connectivity index is 1.92. The summed E-state index contributed by atoms with van der Waals surface area (Å²) in [6.45, 7) is 0. The van der Waals surface area contributed by atoms with Gasteiger partial charge in [-0.05, 0) is 55.5 Å². The van der Waals surface area contributed by atoms with Crippen molar-refractivity contribution in [3.8, 4) is 0 Å². The predicted molar refractivity (Wildman–Crippen MR) is 104 cm³/mol. The summed E-state index contributed by atoms with van der Waals surface area (Å²) in [5.74, 6) is -2.47. The van der Waals surface area contributed by atoms with Crippen molar-refractivity contribution in [2.45, 2.75) is 50.6 Å². The Morgan fingerprint density at radius 1 is 1.00 bits per heavy atom. The molecule has 1 aromatic heterocycles. The molecule has 1 aliphatic carbocycles. The number of nitrogens with zero attached hydrogens (tertiary/aromatic N) is 2. The summed E-state index contributed by atoms with van der Waals surface area (Å²) >= 11 is 5.36. The molecule has 13 heteroatoms. The molecule has 2 aromatic rings. The average molecular weight is 496 g/mol. The molecule has 0 atom stereocenters. The summed E-state index contributed by atoms with van der Waals surface area (Å²) in [6, 6.07) is 1.93. The Morgan fingerprint density at radius 2 is 1.67 bits per heavy atom. The number of nitrogens with one attached hydrogen (secondary N) is 1. The van der Waals surface area contributed by atoms with E-state index >= 15 is 0 Å². The molecule has 1 fully saturated rings. The van der Waals surface area contributed by atoms with Gasteiger partial charge in [-0.2, -0.15) is 26.3 Å². The van der Waals surface area contributed by atoms with E-state index in [1.807, 2.05) is 5.32 Å². The van der Waals surface area contributed by atoms with E-state index in [1.165, 1.54) is 0 Å². The van der Waals surface area contributed by atoms with Crippen LogP contribution in [0.2, 0.25) is 5.28 Å². The monoisotopic (exact) mass is 495 g/mol. The van der Waals surface area contributed by atoms with Crippen LogP contribution in [-0.2, 0) is 17.1 Å². The van der Waals surface area contributed by atoms with Crippen LogP contribution in [0.5, 0.6) is 0 Å². The van der Waals surface area contributed by atoms with Gasteiger partial charge in [0.2, 0.25) is 5.28 Å². The molecular weight excluding hydrogens is 480 g/mol. The number of alkyl halides is 6. The molecule has 0 saturated heterocycles. The van der Waals surface area contributed by atoms with E-state index in [2.05, 4.69) is 9.97 Å². The minimum absolute atomic E-state index is 0.445. The van der Waals surface area contributed by atoms with Crippen molar-refractivity contribution in [1.29, 1.82) is 0 Å². The number of aromatic nitrogens is 2. The predicted octanol–water partition coefficient (Wildman–Crippen LogP) is 5.91. The van der Waals surface area contributed by atoms with Crippen LogP contribution >= 0.6 is 11.6 Å². The summed E-state index contributed by atoms with van der Waals surface area (Å²) in [4.78, 5) is 31.2. The smallest absolute Gasteiger partial charge is 0.434 e. The second kappa shape index (κ2) is 9.54. The van der Waals surface area contributed by atoms with Gasteiger partial charge in [-0.3, -0.25) is 4.79 Å². The Morgan fingerprint density at radius 3 is 2.27 bits per heavy atom. The number of rotatable bonds is 4. The van der Waals surface area contributed by atoms with Crippen molar-refractivity contribution < 1.29 is 40.7 Å². The number of carbonyl (C=O) groups is 2. The maximum absolute atomic E-state index is 13.3. The van der Waals surface area contributed by atoms with Crippen LogP contribution < -0.4 is 5.32 Å². The standard InChI is InChI=1S/C20H16ClF6N3O3/c21-18-28-9-14(15(30-18)20(25,26)27)16(31)29-12-7-10(6-11(8-12)19(22,23)24)17(32)33-13-4-2-1-3-5-13/h6-9,13H,1-5H2,(H,29,31). The first-order valence-corrected chi connectivity index (χ1v) is 10.1. The van der Waals surface area contributed by atoms with Crippen LogP contribution in [0.3, 0.4) is 0 Å². The third kappa shape index (κ3) is 6.34. The van der Waals surface area contributed by atoms with Crippen LogP contribution in [0.1, 0.15) is 64.1 Å². The second-order valence-electron chi connectivity index (χ2n) is 7.32. The SMILES string of the molecule is O=C(OC1CCCCC1)c1cc(NC(=O)c2cnc(Cl)nc2C(F)(F)F)cc(C(F)(F)F)c1. The van der Waals surface area contributed by atoms with Crippen LogP contribution in [0.4, 0.5) is 32.0 Å². The quantitative estimate of drug-likeness (QED) is 0.324. The van der Waals surface area contributed by atoms with Gasteiger partial charge in [0, 0.05) is 11.9 Å². The molecule has 1 amide bonds. The van der Waals surface area contributed by atoms with Crippen molar-refractivity contribution in [2.75, 3.05) is 5.32 Å². The van der Waals surface area contributed by atoms with Gasteiger partial charge in [-0.15, -0.1) is 0 Å². The Kier molecular flexibility index (Phi) is 7.15. The maximum atomic E-state index is 13.3. The highest BCUT2D eigenvalue weighted by Crippen LogP contribution is 2.34.